The maximum Gasteiger partial charge on any atom is 0.345 e. The Morgan fingerprint density at radius 1 is 1.18 bits per heavy atom. The molecular weight excluding hydrogens is 307 g/mol. The van der Waals surface area contributed by atoms with Crippen molar-refractivity contribution < 1.29 is 19.1 Å². The number of amides is 1. The second-order valence-electron chi connectivity index (χ2n) is 4.50. The van der Waals surface area contributed by atoms with Crippen LogP contribution in [0.4, 0.5) is 4.39 Å². The molecule has 0 saturated carbocycles. The van der Waals surface area contributed by atoms with Gasteiger partial charge >= 0.3 is 5.97 Å². The number of thiophene rings is 1. The van der Waals surface area contributed by atoms with Gasteiger partial charge in [0.1, 0.15) is 10.7 Å². The van der Waals surface area contributed by atoms with Crippen molar-refractivity contribution in [3.8, 4) is 0 Å². The van der Waals surface area contributed by atoms with Gasteiger partial charge in [0, 0.05) is 0 Å². The van der Waals surface area contributed by atoms with Gasteiger partial charge in [0.05, 0.1) is 17.0 Å². The summed E-state index contributed by atoms with van der Waals surface area (Å²) in [6, 6.07) is 8.76. The maximum absolute atomic E-state index is 12.8. The minimum absolute atomic E-state index is 0.0852. The van der Waals surface area contributed by atoms with Gasteiger partial charge < -0.3 is 5.11 Å². The number of carboxylic acid groups (broad SMARTS) is 1. The fraction of sp³-hybridized carbons (Fsp3) is 0.133. The van der Waals surface area contributed by atoms with Crippen molar-refractivity contribution in [1.82, 2.24) is 5.43 Å². The minimum Gasteiger partial charge on any atom is -0.477 e. The van der Waals surface area contributed by atoms with Gasteiger partial charge in [0.25, 0.3) is 0 Å². The number of hydrogen-bond acceptors (Lipinski definition) is 4. The second kappa shape index (κ2) is 6.95. The van der Waals surface area contributed by atoms with Gasteiger partial charge in [-0.25, -0.2) is 14.6 Å². The summed E-state index contributed by atoms with van der Waals surface area (Å²) in [5.41, 5.74) is 3.59. The third-order valence-electron chi connectivity index (χ3n) is 2.80. The molecule has 0 fully saturated rings. The molecule has 2 aromatic rings. The number of carboxylic acids is 1. The molecule has 1 aromatic carbocycles. The molecule has 0 unspecified atom stereocenters. The smallest absolute Gasteiger partial charge is 0.345 e. The summed E-state index contributed by atoms with van der Waals surface area (Å²) in [6.07, 6.45) is 0.0852. The van der Waals surface area contributed by atoms with E-state index in [9.17, 15) is 14.0 Å². The highest BCUT2D eigenvalue weighted by atomic mass is 32.1. The lowest BCUT2D eigenvalue weighted by Gasteiger charge is -2.02. The number of nitrogens with zero attached hydrogens (tertiary/aromatic N) is 1. The molecule has 0 radical (unpaired) electrons. The number of nitrogens with one attached hydrogen (secondary N) is 1. The summed E-state index contributed by atoms with van der Waals surface area (Å²) in [5.74, 6) is -1.68. The molecule has 1 aromatic heterocycles. The summed E-state index contributed by atoms with van der Waals surface area (Å²) in [6.45, 7) is 1.68. The molecule has 5 nitrogen and oxygen atoms in total. The van der Waals surface area contributed by atoms with Gasteiger partial charge in [0.15, 0.2) is 0 Å². The SMILES string of the molecule is C/C(=N/NC(=O)Cc1ccc(F)cc1)c1ccc(C(=O)O)s1. The van der Waals surface area contributed by atoms with Crippen LogP contribution in [0, 0.1) is 5.82 Å². The molecule has 22 heavy (non-hydrogen) atoms. The van der Waals surface area contributed by atoms with E-state index in [1.54, 1.807) is 13.0 Å². The van der Waals surface area contributed by atoms with Crippen molar-refractivity contribution in [1.29, 1.82) is 0 Å². The Bertz CT molecular complexity index is 723. The highest BCUT2D eigenvalue weighted by molar-refractivity contribution is 7.15. The second-order valence-corrected chi connectivity index (χ2v) is 5.59. The third kappa shape index (κ3) is 4.23. The Labute approximate surface area is 130 Å². The third-order valence-corrected chi connectivity index (χ3v) is 3.98. The Hall–Kier alpha value is -2.54. The Kier molecular flexibility index (Phi) is 5.00. The molecule has 0 aliphatic heterocycles. The lowest BCUT2D eigenvalue weighted by atomic mass is 10.1. The van der Waals surface area contributed by atoms with Gasteiger partial charge in [-0.3, -0.25) is 4.79 Å². The van der Waals surface area contributed by atoms with Crippen LogP contribution in [-0.2, 0) is 11.2 Å². The van der Waals surface area contributed by atoms with Crippen LogP contribution in [0.2, 0.25) is 0 Å². The molecule has 2 N–H and O–H groups in total. The predicted molar refractivity (Wildman–Crippen MR) is 81.7 cm³/mol. The van der Waals surface area contributed by atoms with Crippen LogP contribution in [0.5, 0.6) is 0 Å². The quantitative estimate of drug-likeness (QED) is 0.656. The van der Waals surface area contributed by atoms with Crippen molar-refractivity contribution in [3.63, 3.8) is 0 Å². The zero-order chi connectivity index (χ0) is 16.1. The predicted octanol–water partition coefficient (Wildman–Crippen LogP) is 2.67. The van der Waals surface area contributed by atoms with Crippen molar-refractivity contribution >= 4 is 28.9 Å². The number of hydrazone groups is 1. The van der Waals surface area contributed by atoms with Crippen LogP contribution in [0.25, 0.3) is 0 Å². The minimum atomic E-state index is -0.996. The summed E-state index contributed by atoms with van der Waals surface area (Å²) < 4.78 is 12.8. The largest absolute Gasteiger partial charge is 0.477 e. The van der Waals surface area contributed by atoms with E-state index in [0.717, 1.165) is 11.3 Å². The van der Waals surface area contributed by atoms with Gasteiger partial charge in [-0.15, -0.1) is 11.3 Å². The average molecular weight is 320 g/mol. The number of carbonyl (C=O) groups is 2. The number of halogens is 1. The number of rotatable bonds is 5. The number of benzene rings is 1. The zero-order valence-corrected chi connectivity index (χ0v) is 12.5. The molecule has 0 saturated heterocycles. The van der Waals surface area contributed by atoms with Crippen molar-refractivity contribution in [3.05, 3.63) is 57.5 Å². The molecule has 114 valence electrons. The van der Waals surface area contributed by atoms with Crippen LogP contribution in [0.1, 0.15) is 27.0 Å². The number of hydrogen-bond donors (Lipinski definition) is 2. The summed E-state index contributed by atoms with van der Waals surface area (Å²) in [4.78, 5) is 23.4. The summed E-state index contributed by atoms with van der Waals surface area (Å²) in [5, 5.41) is 12.8. The standard InChI is InChI=1S/C15H13FN2O3S/c1-9(12-6-7-13(22-12)15(20)21)17-18-14(19)8-10-2-4-11(16)5-3-10/h2-7H,8H2,1H3,(H,18,19)(H,20,21)/b17-9-. The van der Waals surface area contributed by atoms with Crippen LogP contribution >= 0.6 is 11.3 Å². The van der Waals surface area contributed by atoms with Crippen molar-refractivity contribution in [2.75, 3.05) is 0 Å². The lowest BCUT2D eigenvalue weighted by molar-refractivity contribution is -0.120. The van der Waals surface area contributed by atoms with Gasteiger partial charge in [0.2, 0.25) is 5.91 Å². The van der Waals surface area contributed by atoms with Gasteiger partial charge in [-0.05, 0) is 36.8 Å². The molecular formula is C15H13FN2O3S. The maximum atomic E-state index is 12.8. The van der Waals surface area contributed by atoms with E-state index in [1.165, 1.54) is 30.3 Å². The van der Waals surface area contributed by atoms with Crippen LogP contribution < -0.4 is 5.43 Å². The topological polar surface area (TPSA) is 78.8 Å². The summed E-state index contributed by atoms with van der Waals surface area (Å²) >= 11 is 1.08. The highest BCUT2D eigenvalue weighted by Crippen LogP contribution is 2.17. The van der Waals surface area contributed by atoms with Crippen LogP contribution in [-0.4, -0.2) is 22.7 Å². The number of carbonyl (C=O) groups excluding carboxylic acids is 1. The van der Waals surface area contributed by atoms with Gasteiger partial charge in [-0.1, -0.05) is 12.1 Å². The molecule has 1 heterocycles. The molecule has 0 aliphatic carbocycles. The van der Waals surface area contributed by atoms with Crippen LogP contribution in [0.3, 0.4) is 0 Å². The van der Waals surface area contributed by atoms with Gasteiger partial charge in [-0.2, -0.15) is 5.10 Å². The lowest BCUT2D eigenvalue weighted by Crippen LogP contribution is -2.21. The fourth-order valence-electron chi connectivity index (χ4n) is 1.68. The first-order chi connectivity index (χ1) is 10.5. The van der Waals surface area contributed by atoms with E-state index >= 15 is 0 Å². The first-order valence-electron chi connectivity index (χ1n) is 6.37. The Morgan fingerprint density at radius 2 is 1.82 bits per heavy atom. The normalized spacial score (nSPS) is 11.3. The van der Waals surface area contributed by atoms with Crippen LogP contribution in [0.15, 0.2) is 41.5 Å². The van der Waals surface area contributed by atoms with E-state index in [2.05, 4.69) is 10.5 Å². The fourth-order valence-corrected chi connectivity index (χ4v) is 2.47. The molecule has 1 amide bonds. The first kappa shape index (κ1) is 15.8. The molecule has 0 aliphatic rings. The monoisotopic (exact) mass is 320 g/mol. The number of aromatic carboxylic acids is 1. The molecule has 0 spiro atoms. The van der Waals surface area contributed by atoms with E-state index in [0.29, 0.717) is 16.2 Å². The molecule has 7 heteroatoms. The van der Waals surface area contributed by atoms with E-state index < -0.39 is 5.97 Å². The summed E-state index contributed by atoms with van der Waals surface area (Å²) in [7, 11) is 0. The molecule has 2 rings (SSSR count). The molecule has 0 bridgehead atoms. The van der Waals surface area contributed by atoms with E-state index in [4.69, 9.17) is 5.11 Å². The first-order valence-corrected chi connectivity index (χ1v) is 7.18. The van der Waals surface area contributed by atoms with E-state index in [1.807, 2.05) is 0 Å². The van der Waals surface area contributed by atoms with Crippen molar-refractivity contribution in [2.45, 2.75) is 13.3 Å². The average Bonchev–Trinajstić information content (AvgIpc) is 2.97. The zero-order valence-electron chi connectivity index (χ0n) is 11.7. The van der Waals surface area contributed by atoms with E-state index in [-0.39, 0.29) is 23.0 Å². The highest BCUT2D eigenvalue weighted by Gasteiger charge is 2.09. The van der Waals surface area contributed by atoms with Crippen molar-refractivity contribution in [2.24, 2.45) is 5.10 Å². The molecule has 0 atom stereocenters. The Balaban J connectivity index is 1.96. The Morgan fingerprint density at radius 3 is 2.41 bits per heavy atom.